The molecule has 2 amide bonds. The third-order valence-electron chi connectivity index (χ3n) is 5.86. The summed E-state index contributed by atoms with van der Waals surface area (Å²) in [6.07, 6.45) is 3.58. The van der Waals surface area contributed by atoms with Gasteiger partial charge in [0.15, 0.2) is 0 Å². The molecule has 0 spiro atoms. The quantitative estimate of drug-likeness (QED) is 0.846. The number of piperidine rings is 2. The lowest BCUT2D eigenvalue weighted by Gasteiger charge is -2.60. The number of aromatic nitrogens is 1. The second-order valence-electron chi connectivity index (χ2n) is 8.21. The summed E-state index contributed by atoms with van der Waals surface area (Å²) in [5, 5.41) is 2.96. The number of hydrogen-bond acceptors (Lipinski definition) is 3. The first-order chi connectivity index (χ1) is 12.3. The van der Waals surface area contributed by atoms with Gasteiger partial charge in [-0.3, -0.25) is 14.6 Å². The van der Waals surface area contributed by atoms with Gasteiger partial charge in [0.2, 0.25) is 11.8 Å². The van der Waals surface area contributed by atoms with E-state index in [2.05, 4.69) is 10.3 Å². The van der Waals surface area contributed by atoms with Crippen LogP contribution >= 0.6 is 0 Å². The molecular formula is C20H28FN3O2. The highest BCUT2D eigenvalue weighted by atomic mass is 19.1. The Morgan fingerprint density at radius 1 is 1.38 bits per heavy atom. The number of halogens is 1. The molecule has 5 nitrogen and oxygen atoms in total. The van der Waals surface area contributed by atoms with Crippen LogP contribution in [0.3, 0.4) is 0 Å². The van der Waals surface area contributed by atoms with Crippen LogP contribution in [0.1, 0.15) is 44.4 Å². The van der Waals surface area contributed by atoms with Crippen molar-refractivity contribution in [1.82, 2.24) is 15.2 Å². The van der Waals surface area contributed by atoms with Gasteiger partial charge in [0.1, 0.15) is 5.67 Å². The van der Waals surface area contributed by atoms with Crippen LogP contribution in [0.25, 0.3) is 0 Å². The molecule has 3 heterocycles. The van der Waals surface area contributed by atoms with Gasteiger partial charge in [-0.05, 0) is 37.8 Å². The van der Waals surface area contributed by atoms with E-state index in [-0.39, 0.29) is 36.1 Å². The minimum atomic E-state index is -1.29. The van der Waals surface area contributed by atoms with E-state index in [1.54, 1.807) is 11.1 Å². The Hall–Kier alpha value is -1.98. The van der Waals surface area contributed by atoms with E-state index in [1.807, 2.05) is 32.9 Å². The van der Waals surface area contributed by atoms with Crippen LogP contribution in [-0.4, -0.2) is 47.0 Å². The van der Waals surface area contributed by atoms with Crippen LogP contribution in [0.15, 0.2) is 18.3 Å². The van der Waals surface area contributed by atoms with Gasteiger partial charge in [0, 0.05) is 36.3 Å². The second kappa shape index (κ2) is 6.97. The summed E-state index contributed by atoms with van der Waals surface area (Å²) in [4.78, 5) is 30.6. The number of pyridine rings is 1. The number of rotatable bonds is 6. The summed E-state index contributed by atoms with van der Waals surface area (Å²) >= 11 is 0. The SMILES string of the molecule is CCC(C)C(=O)N1CC2(F)CC(CNC(=O)Cc3cccnc3C)(C1)C2. The highest BCUT2D eigenvalue weighted by Crippen LogP contribution is 2.55. The average Bonchev–Trinajstić information content (AvgIpc) is 2.59. The lowest BCUT2D eigenvalue weighted by Crippen LogP contribution is -2.69. The van der Waals surface area contributed by atoms with Crippen molar-refractivity contribution in [2.24, 2.45) is 11.3 Å². The molecule has 1 aliphatic carbocycles. The van der Waals surface area contributed by atoms with Crippen molar-refractivity contribution in [3.8, 4) is 0 Å². The molecule has 6 heteroatoms. The Bertz CT molecular complexity index is 700. The van der Waals surface area contributed by atoms with Gasteiger partial charge in [-0.2, -0.15) is 0 Å². The summed E-state index contributed by atoms with van der Waals surface area (Å²) in [5.41, 5.74) is 0.130. The maximum absolute atomic E-state index is 14.8. The largest absolute Gasteiger partial charge is 0.355 e. The fraction of sp³-hybridized carbons (Fsp3) is 0.650. The normalized spacial score (nSPS) is 28.2. The number of carbonyl (C=O) groups is 2. The first-order valence-corrected chi connectivity index (χ1v) is 9.41. The molecule has 0 aromatic carbocycles. The number of alkyl halides is 1. The first kappa shape index (κ1) is 18.8. The van der Waals surface area contributed by atoms with E-state index < -0.39 is 5.67 Å². The Labute approximate surface area is 154 Å². The van der Waals surface area contributed by atoms with E-state index >= 15 is 0 Å². The number of amides is 2. The van der Waals surface area contributed by atoms with Crippen LogP contribution in [0.5, 0.6) is 0 Å². The molecule has 1 unspecified atom stereocenters. The van der Waals surface area contributed by atoms with Gasteiger partial charge in [0.25, 0.3) is 0 Å². The maximum Gasteiger partial charge on any atom is 0.225 e. The van der Waals surface area contributed by atoms with E-state index in [0.29, 0.717) is 25.9 Å². The van der Waals surface area contributed by atoms with E-state index in [4.69, 9.17) is 0 Å². The van der Waals surface area contributed by atoms with Crippen molar-refractivity contribution >= 4 is 11.8 Å². The molecule has 2 bridgehead atoms. The number of nitrogens with one attached hydrogen (secondary N) is 1. The van der Waals surface area contributed by atoms with Gasteiger partial charge in [-0.25, -0.2) is 4.39 Å². The molecule has 1 aromatic heterocycles. The van der Waals surface area contributed by atoms with Crippen LogP contribution in [0.2, 0.25) is 0 Å². The highest BCUT2D eigenvalue weighted by Gasteiger charge is 2.61. The number of carbonyl (C=O) groups excluding carboxylic acids is 2. The molecular weight excluding hydrogens is 333 g/mol. The minimum absolute atomic E-state index is 0.0237. The van der Waals surface area contributed by atoms with Crippen molar-refractivity contribution in [2.75, 3.05) is 19.6 Å². The monoisotopic (exact) mass is 361 g/mol. The smallest absolute Gasteiger partial charge is 0.225 e. The van der Waals surface area contributed by atoms with E-state index in [9.17, 15) is 14.0 Å². The number of hydrogen-bond donors (Lipinski definition) is 1. The molecule has 1 aromatic rings. The van der Waals surface area contributed by atoms with Gasteiger partial charge < -0.3 is 10.2 Å². The fourth-order valence-electron chi connectivity index (χ4n) is 4.37. The summed E-state index contributed by atoms with van der Waals surface area (Å²) < 4.78 is 14.8. The van der Waals surface area contributed by atoms with Crippen molar-refractivity contribution in [3.63, 3.8) is 0 Å². The van der Waals surface area contributed by atoms with Gasteiger partial charge in [-0.15, -0.1) is 0 Å². The number of nitrogens with zero attached hydrogens (tertiary/aromatic N) is 2. The van der Waals surface area contributed by atoms with Crippen LogP contribution in [0, 0.1) is 18.3 Å². The van der Waals surface area contributed by atoms with Crippen molar-refractivity contribution in [1.29, 1.82) is 0 Å². The van der Waals surface area contributed by atoms with Crippen molar-refractivity contribution in [2.45, 2.75) is 52.1 Å². The predicted octanol–water partition coefficient (Wildman–Crippen LogP) is 2.43. The topological polar surface area (TPSA) is 62.3 Å². The zero-order valence-electron chi connectivity index (χ0n) is 15.8. The summed E-state index contributed by atoms with van der Waals surface area (Å²) in [7, 11) is 0. The minimum Gasteiger partial charge on any atom is -0.355 e. The molecule has 1 atom stereocenters. The van der Waals surface area contributed by atoms with Crippen molar-refractivity contribution < 1.29 is 14.0 Å². The summed E-state index contributed by atoms with van der Waals surface area (Å²) in [6.45, 7) is 6.88. The van der Waals surface area contributed by atoms with Gasteiger partial charge in [-0.1, -0.05) is 19.9 Å². The van der Waals surface area contributed by atoms with Gasteiger partial charge in [0.05, 0.1) is 13.0 Å². The van der Waals surface area contributed by atoms with Crippen LogP contribution in [-0.2, 0) is 16.0 Å². The zero-order valence-corrected chi connectivity index (χ0v) is 15.8. The Morgan fingerprint density at radius 2 is 2.12 bits per heavy atom. The lowest BCUT2D eigenvalue weighted by molar-refractivity contribution is -0.171. The summed E-state index contributed by atoms with van der Waals surface area (Å²) in [6, 6.07) is 3.71. The highest BCUT2D eigenvalue weighted by molar-refractivity contribution is 5.80. The summed E-state index contributed by atoms with van der Waals surface area (Å²) in [5.74, 6) is -0.149. The second-order valence-corrected chi connectivity index (χ2v) is 8.21. The molecule has 3 fully saturated rings. The predicted molar refractivity (Wildman–Crippen MR) is 97.2 cm³/mol. The van der Waals surface area contributed by atoms with Crippen LogP contribution in [0.4, 0.5) is 4.39 Å². The third-order valence-corrected chi connectivity index (χ3v) is 5.86. The standard InChI is InChI=1S/C20H28FN3O2/c1-4-14(2)18(26)24-12-19(9-20(21,10-19)13-24)11-23-17(25)8-16-6-5-7-22-15(16)3/h5-7,14H,4,8-13H2,1-3H3,(H,23,25). The van der Waals surface area contributed by atoms with Gasteiger partial charge >= 0.3 is 0 Å². The van der Waals surface area contributed by atoms with E-state index in [0.717, 1.165) is 17.7 Å². The first-order valence-electron chi connectivity index (χ1n) is 9.41. The van der Waals surface area contributed by atoms with Crippen LogP contribution < -0.4 is 5.32 Å². The fourth-order valence-corrected chi connectivity index (χ4v) is 4.37. The van der Waals surface area contributed by atoms with Crippen molar-refractivity contribution in [3.05, 3.63) is 29.6 Å². The number of aryl methyl sites for hydroxylation is 1. The maximum atomic E-state index is 14.8. The molecule has 1 saturated carbocycles. The molecule has 3 aliphatic rings. The Morgan fingerprint density at radius 3 is 2.77 bits per heavy atom. The average molecular weight is 361 g/mol. The Balaban J connectivity index is 1.58. The molecule has 2 saturated heterocycles. The molecule has 26 heavy (non-hydrogen) atoms. The Kier molecular flexibility index (Phi) is 5.04. The molecule has 4 rings (SSSR count). The third kappa shape index (κ3) is 3.74. The van der Waals surface area contributed by atoms with E-state index in [1.165, 1.54) is 0 Å². The molecule has 142 valence electrons. The lowest BCUT2D eigenvalue weighted by atomic mass is 9.56. The number of fused-ring (bicyclic) bond motifs is 2. The zero-order chi connectivity index (χ0) is 18.9. The molecule has 0 radical (unpaired) electrons. The molecule has 1 N–H and O–H groups in total. The molecule has 2 aliphatic heterocycles.